The van der Waals surface area contributed by atoms with Crippen LogP contribution in [0.4, 0.5) is 11.9 Å². The first-order valence-corrected chi connectivity index (χ1v) is 8.98. The number of anilines is 2. The summed E-state index contributed by atoms with van der Waals surface area (Å²) in [5, 5.41) is 0. The van der Waals surface area contributed by atoms with Crippen molar-refractivity contribution in [3.8, 4) is 0 Å². The van der Waals surface area contributed by atoms with Gasteiger partial charge in [0.05, 0.1) is 0 Å². The van der Waals surface area contributed by atoms with Gasteiger partial charge in [0.2, 0.25) is 16.7 Å². The van der Waals surface area contributed by atoms with E-state index in [-0.39, 0.29) is 0 Å². The summed E-state index contributed by atoms with van der Waals surface area (Å²) in [6, 6.07) is 0. The third-order valence-corrected chi connectivity index (χ3v) is 3.82. The van der Waals surface area contributed by atoms with E-state index in [1.807, 2.05) is 24.3 Å². The molecule has 25 heavy (non-hydrogen) atoms. The number of aromatic amines is 1. The highest BCUT2D eigenvalue weighted by Gasteiger charge is 2.13. The topological polar surface area (TPSA) is 48.1 Å². The molecule has 0 radical (unpaired) electrons. The Balaban J connectivity index is 3.12. The molecule has 1 rings (SSSR count). The first-order valence-electron chi connectivity index (χ1n) is 8.58. The molecule has 1 aromatic rings. The molecule has 1 heterocycles. The molecule has 0 aliphatic heterocycles. The highest BCUT2D eigenvalue weighted by atomic mass is 32.1. The van der Waals surface area contributed by atoms with E-state index in [0.29, 0.717) is 4.77 Å². The fourth-order valence-electron chi connectivity index (χ4n) is 2.30. The minimum atomic E-state index is 0.341. The van der Waals surface area contributed by atoms with Crippen molar-refractivity contribution in [1.29, 1.82) is 0 Å². The Morgan fingerprint density at radius 2 is 1.04 bits per heavy atom. The molecule has 0 aliphatic carbocycles. The second-order valence-electron chi connectivity index (χ2n) is 5.56. The number of hydrogen-bond donors (Lipinski definition) is 1. The summed E-state index contributed by atoms with van der Waals surface area (Å²) < 4.78 is 0.341. The van der Waals surface area contributed by atoms with E-state index in [4.69, 9.17) is 12.2 Å². The van der Waals surface area contributed by atoms with E-state index in [9.17, 15) is 0 Å². The first kappa shape index (κ1) is 20.8. The number of aromatic nitrogens is 3. The molecule has 6 heteroatoms. The SMILES string of the molecule is C=CCCN(CCC=C)c1nc(=S)nc(N(CCC=C)CCC=C)[nH]1. The summed E-state index contributed by atoms with van der Waals surface area (Å²) in [7, 11) is 0. The molecular weight excluding hydrogens is 330 g/mol. The monoisotopic (exact) mass is 359 g/mol. The lowest BCUT2D eigenvalue weighted by atomic mass is 10.3. The minimum absolute atomic E-state index is 0.341. The van der Waals surface area contributed by atoms with Gasteiger partial charge in [0.1, 0.15) is 0 Å². The Labute approximate surface area is 156 Å². The van der Waals surface area contributed by atoms with Crippen LogP contribution in [0.3, 0.4) is 0 Å². The highest BCUT2D eigenvalue weighted by molar-refractivity contribution is 7.71. The van der Waals surface area contributed by atoms with Gasteiger partial charge in [0, 0.05) is 26.2 Å². The Kier molecular flexibility index (Phi) is 10.2. The maximum atomic E-state index is 5.30. The summed E-state index contributed by atoms with van der Waals surface area (Å²) in [6.45, 7) is 18.5. The third-order valence-electron chi connectivity index (χ3n) is 3.64. The molecule has 0 amide bonds. The molecular formula is C19H29N5S. The second-order valence-corrected chi connectivity index (χ2v) is 5.93. The Bertz CT molecular complexity index is 549. The van der Waals surface area contributed by atoms with Crippen LogP contribution in [0.2, 0.25) is 0 Å². The molecule has 1 aromatic heterocycles. The van der Waals surface area contributed by atoms with Crippen LogP contribution in [0.15, 0.2) is 50.6 Å². The molecule has 0 fully saturated rings. The van der Waals surface area contributed by atoms with Crippen LogP contribution in [0.1, 0.15) is 25.7 Å². The van der Waals surface area contributed by atoms with Gasteiger partial charge in [-0.3, -0.25) is 4.98 Å². The summed E-state index contributed by atoms with van der Waals surface area (Å²) in [4.78, 5) is 16.5. The van der Waals surface area contributed by atoms with E-state index in [0.717, 1.165) is 63.8 Å². The molecule has 0 spiro atoms. The van der Waals surface area contributed by atoms with Gasteiger partial charge in [-0.1, -0.05) is 24.3 Å². The van der Waals surface area contributed by atoms with Crippen LogP contribution in [0.25, 0.3) is 0 Å². The van der Waals surface area contributed by atoms with Crippen LogP contribution in [0, 0.1) is 4.77 Å². The van der Waals surface area contributed by atoms with Crippen molar-refractivity contribution in [3.63, 3.8) is 0 Å². The maximum absolute atomic E-state index is 5.30. The van der Waals surface area contributed by atoms with Crippen molar-refractivity contribution in [2.24, 2.45) is 0 Å². The number of hydrogen-bond acceptors (Lipinski definition) is 5. The molecule has 5 nitrogen and oxygen atoms in total. The van der Waals surface area contributed by atoms with Gasteiger partial charge >= 0.3 is 0 Å². The molecule has 0 aromatic carbocycles. The predicted octanol–water partition coefficient (Wildman–Crippen LogP) is 4.45. The van der Waals surface area contributed by atoms with Crippen LogP contribution >= 0.6 is 12.2 Å². The van der Waals surface area contributed by atoms with E-state index in [1.54, 1.807) is 0 Å². The van der Waals surface area contributed by atoms with E-state index in [1.165, 1.54) is 0 Å². The fraction of sp³-hybridized carbons (Fsp3) is 0.421. The van der Waals surface area contributed by atoms with Gasteiger partial charge in [0.15, 0.2) is 0 Å². The molecule has 0 saturated carbocycles. The lowest BCUT2D eigenvalue weighted by Crippen LogP contribution is -2.31. The molecule has 1 N–H and O–H groups in total. The fourth-order valence-corrected chi connectivity index (χ4v) is 2.47. The van der Waals surface area contributed by atoms with Gasteiger partial charge in [0.25, 0.3) is 0 Å². The first-order chi connectivity index (χ1) is 12.2. The average Bonchev–Trinajstić information content (AvgIpc) is 2.61. The summed E-state index contributed by atoms with van der Waals surface area (Å²) in [5.41, 5.74) is 0. The Morgan fingerprint density at radius 3 is 1.32 bits per heavy atom. The number of rotatable bonds is 14. The highest BCUT2D eigenvalue weighted by Crippen LogP contribution is 2.15. The zero-order valence-electron chi connectivity index (χ0n) is 15.0. The lowest BCUT2D eigenvalue weighted by molar-refractivity contribution is 0.723. The van der Waals surface area contributed by atoms with Gasteiger partial charge < -0.3 is 9.80 Å². The molecule has 0 unspecified atom stereocenters. The Hall–Kier alpha value is -2.21. The maximum Gasteiger partial charge on any atom is 0.225 e. The quantitative estimate of drug-likeness (QED) is 0.393. The van der Waals surface area contributed by atoms with Crippen LogP contribution in [0.5, 0.6) is 0 Å². The Morgan fingerprint density at radius 1 is 0.720 bits per heavy atom. The van der Waals surface area contributed by atoms with Crippen molar-refractivity contribution < 1.29 is 0 Å². The summed E-state index contributed by atoms with van der Waals surface area (Å²) in [5.74, 6) is 1.47. The second kappa shape index (κ2) is 12.2. The smallest absolute Gasteiger partial charge is 0.225 e. The van der Waals surface area contributed by atoms with Crippen LogP contribution in [-0.2, 0) is 0 Å². The van der Waals surface area contributed by atoms with Crippen molar-refractivity contribution in [2.75, 3.05) is 36.0 Å². The predicted molar refractivity (Wildman–Crippen MR) is 111 cm³/mol. The number of nitrogens with zero attached hydrogens (tertiary/aromatic N) is 4. The normalized spacial score (nSPS) is 10.1. The average molecular weight is 360 g/mol. The zero-order chi connectivity index (χ0) is 18.5. The van der Waals surface area contributed by atoms with Gasteiger partial charge in [-0.15, -0.1) is 26.3 Å². The van der Waals surface area contributed by atoms with Gasteiger partial charge in [-0.05, 0) is 37.9 Å². The van der Waals surface area contributed by atoms with Crippen LogP contribution < -0.4 is 9.80 Å². The van der Waals surface area contributed by atoms with Crippen molar-refractivity contribution in [2.45, 2.75) is 25.7 Å². The number of nitrogens with one attached hydrogen (secondary N) is 1. The molecule has 0 saturated heterocycles. The van der Waals surface area contributed by atoms with Gasteiger partial charge in [-0.25, -0.2) is 0 Å². The van der Waals surface area contributed by atoms with Crippen LogP contribution in [-0.4, -0.2) is 41.1 Å². The van der Waals surface area contributed by atoms with E-state index in [2.05, 4.69) is 51.1 Å². The molecule has 136 valence electrons. The van der Waals surface area contributed by atoms with Crippen molar-refractivity contribution >= 4 is 24.1 Å². The number of H-pyrrole nitrogens is 1. The molecule has 0 aliphatic rings. The summed E-state index contributed by atoms with van der Waals surface area (Å²) >= 11 is 5.30. The minimum Gasteiger partial charge on any atom is -0.342 e. The van der Waals surface area contributed by atoms with Crippen molar-refractivity contribution in [3.05, 3.63) is 55.4 Å². The lowest BCUT2D eigenvalue weighted by Gasteiger charge is -2.26. The largest absolute Gasteiger partial charge is 0.342 e. The molecule has 0 atom stereocenters. The van der Waals surface area contributed by atoms with E-state index >= 15 is 0 Å². The molecule has 0 bridgehead atoms. The third kappa shape index (κ3) is 7.47. The zero-order valence-corrected chi connectivity index (χ0v) is 15.8. The van der Waals surface area contributed by atoms with Crippen molar-refractivity contribution in [1.82, 2.24) is 15.0 Å². The standard InChI is InChI=1S/C19H29N5S/c1-5-9-13-23(14-10-6-2)17-20-18(22-19(25)21-17)24(15-11-7-3)16-12-8-4/h5-8H,1-4,9-16H2,(H,20,21,22,25). The summed E-state index contributed by atoms with van der Waals surface area (Å²) in [6.07, 6.45) is 11.1. The van der Waals surface area contributed by atoms with E-state index < -0.39 is 0 Å². The van der Waals surface area contributed by atoms with Gasteiger partial charge in [-0.2, -0.15) is 9.97 Å².